The van der Waals surface area contributed by atoms with Crippen molar-refractivity contribution in [3.8, 4) is 56.4 Å². The molecule has 0 saturated carbocycles. The fourth-order valence-corrected chi connectivity index (χ4v) is 8.04. The molecule has 0 spiro atoms. The predicted octanol–water partition coefficient (Wildman–Crippen LogP) is 13.6. The molecule has 2 heterocycles. The molecule has 256 valence electrons. The summed E-state index contributed by atoms with van der Waals surface area (Å²) >= 11 is 0. The minimum atomic E-state index is 0.605. The molecule has 0 aliphatic rings. The van der Waals surface area contributed by atoms with Gasteiger partial charge in [0.2, 0.25) is 0 Å². The molecule has 0 unspecified atom stereocenters. The van der Waals surface area contributed by atoms with Crippen LogP contribution >= 0.6 is 0 Å². The Labute approximate surface area is 317 Å². The molecule has 11 rings (SSSR count). The van der Waals surface area contributed by atoms with Crippen LogP contribution in [0.1, 0.15) is 0 Å². The number of para-hydroxylation sites is 1. The third-order valence-corrected chi connectivity index (χ3v) is 10.7. The number of hydrogen-bond acceptors (Lipinski definition) is 4. The number of nitrogens with zero attached hydrogens (tertiary/aromatic N) is 3. The van der Waals surface area contributed by atoms with Crippen molar-refractivity contribution in [2.75, 3.05) is 0 Å². The monoisotopic (exact) mass is 701 g/mol. The molecule has 4 heteroatoms. The second-order valence-corrected chi connectivity index (χ2v) is 14.0. The molecule has 0 fully saturated rings. The van der Waals surface area contributed by atoms with Crippen molar-refractivity contribution in [2.24, 2.45) is 0 Å². The minimum Gasteiger partial charge on any atom is -0.455 e. The van der Waals surface area contributed by atoms with Gasteiger partial charge in [-0.1, -0.05) is 170 Å². The Balaban J connectivity index is 1.16. The van der Waals surface area contributed by atoms with E-state index in [1.165, 1.54) is 21.7 Å². The van der Waals surface area contributed by atoms with E-state index in [0.29, 0.717) is 17.5 Å². The first kappa shape index (κ1) is 31.1. The highest BCUT2D eigenvalue weighted by Crippen LogP contribution is 2.43. The van der Waals surface area contributed by atoms with Crippen molar-refractivity contribution in [2.45, 2.75) is 0 Å². The number of benzene rings is 9. The van der Waals surface area contributed by atoms with E-state index < -0.39 is 0 Å². The van der Waals surface area contributed by atoms with Crippen LogP contribution in [0.2, 0.25) is 0 Å². The van der Waals surface area contributed by atoms with Gasteiger partial charge in [0, 0.05) is 32.8 Å². The maximum absolute atomic E-state index is 6.67. The molecule has 0 amide bonds. The first-order valence-corrected chi connectivity index (χ1v) is 18.5. The van der Waals surface area contributed by atoms with Gasteiger partial charge in [0.05, 0.1) is 0 Å². The summed E-state index contributed by atoms with van der Waals surface area (Å²) in [4.78, 5) is 15.7. The Morgan fingerprint density at radius 2 is 0.891 bits per heavy atom. The fraction of sp³-hybridized carbons (Fsp3) is 0. The Morgan fingerprint density at radius 3 is 1.75 bits per heavy atom. The topological polar surface area (TPSA) is 51.8 Å². The third-order valence-electron chi connectivity index (χ3n) is 10.7. The first-order valence-electron chi connectivity index (χ1n) is 18.5. The van der Waals surface area contributed by atoms with Crippen LogP contribution in [-0.2, 0) is 0 Å². The number of rotatable bonds is 5. The molecule has 2 aromatic heterocycles. The summed E-state index contributed by atoms with van der Waals surface area (Å²) in [6, 6.07) is 65.7. The molecule has 0 saturated heterocycles. The van der Waals surface area contributed by atoms with E-state index >= 15 is 0 Å². The van der Waals surface area contributed by atoms with Gasteiger partial charge in [-0.15, -0.1) is 0 Å². The van der Waals surface area contributed by atoms with E-state index in [0.717, 1.165) is 71.5 Å². The van der Waals surface area contributed by atoms with Crippen LogP contribution in [0.25, 0.3) is 111 Å². The van der Waals surface area contributed by atoms with Gasteiger partial charge in [0.25, 0.3) is 0 Å². The van der Waals surface area contributed by atoms with Crippen LogP contribution in [0.15, 0.2) is 192 Å². The molecule has 0 aliphatic heterocycles. The van der Waals surface area contributed by atoms with Gasteiger partial charge >= 0.3 is 0 Å². The van der Waals surface area contributed by atoms with Crippen molar-refractivity contribution < 1.29 is 4.42 Å². The van der Waals surface area contributed by atoms with Crippen molar-refractivity contribution in [3.05, 3.63) is 188 Å². The SMILES string of the molecule is c1ccc(-c2cccc3c(-c4nc(-c5ccc(-c6cccc7ccccc67)cc5)nc(-c5ccc6ccccc6c5)n4)cc4c5ccccc5oc4c23)cc1. The van der Waals surface area contributed by atoms with Crippen LogP contribution in [0.3, 0.4) is 0 Å². The molecule has 0 atom stereocenters. The van der Waals surface area contributed by atoms with Crippen LogP contribution < -0.4 is 0 Å². The number of aromatic nitrogens is 3. The standard InChI is InChI=1S/C51H31N3O/c1-2-13-34(14-3-1)41-21-11-22-43-45(31-44-42-19-8-9-23-46(42)55-48(44)47(41)43)51-53-49(52-50(54-51)38-29-24-32-12-4-5-16-37(32)30-38)36-27-25-35(26-28-36)40-20-10-17-33-15-6-7-18-39(33)40/h1-31H. The molecule has 0 aliphatic carbocycles. The molecule has 0 N–H and O–H groups in total. The highest BCUT2D eigenvalue weighted by molar-refractivity contribution is 6.22. The fourth-order valence-electron chi connectivity index (χ4n) is 8.04. The molecular formula is C51H31N3O. The van der Waals surface area contributed by atoms with Crippen molar-refractivity contribution in [3.63, 3.8) is 0 Å². The molecule has 0 bridgehead atoms. The lowest BCUT2D eigenvalue weighted by atomic mass is 9.93. The lowest BCUT2D eigenvalue weighted by Gasteiger charge is -2.14. The second-order valence-electron chi connectivity index (χ2n) is 14.0. The van der Waals surface area contributed by atoms with E-state index in [4.69, 9.17) is 19.4 Å². The Hall–Kier alpha value is -7.43. The molecule has 55 heavy (non-hydrogen) atoms. The highest BCUT2D eigenvalue weighted by Gasteiger charge is 2.21. The average molecular weight is 702 g/mol. The Bertz CT molecular complexity index is 3250. The smallest absolute Gasteiger partial charge is 0.164 e. The van der Waals surface area contributed by atoms with Crippen LogP contribution in [-0.4, -0.2) is 15.0 Å². The average Bonchev–Trinajstić information content (AvgIpc) is 3.64. The van der Waals surface area contributed by atoms with Gasteiger partial charge in [-0.25, -0.2) is 15.0 Å². The Kier molecular flexibility index (Phi) is 7.14. The second kappa shape index (κ2) is 12.6. The summed E-state index contributed by atoms with van der Waals surface area (Å²) in [5.74, 6) is 1.84. The lowest BCUT2D eigenvalue weighted by Crippen LogP contribution is -2.01. The Morgan fingerprint density at radius 1 is 0.309 bits per heavy atom. The zero-order valence-electron chi connectivity index (χ0n) is 29.6. The summed E-state index contributed by atoms with van der Waals surface area (Å²) in [6.45, 7) is 0. The van der Waals surface area contributed by atoms with E-state index in [2.05, 4.69) is 170 Å². The van der Waals surface area contributed by atoms with Gasteiger partial charge in [-0.3, -0.25) is 0 Å². The van der Waals surface area contributed by atoms with Crippen LogP contribution in [0.4, 0.5) is 0 Å². The molecule has 9 aromatic carbocycles. The molecule has 0 radical (unpaired) electrons. The highest BCUT2D eigenvalue weighted by atomic mass is 16.3. The van der Waals surface area contributed by atoms with Crippen molar-refractivity contribution in [1.82, 2.24) is 15.0 Å². The largest absolute Gasteiger partial charge is 0.455 e. The van der Waals surface area contributed by atoms with Gasteiger partial charge < -0.3 is 4.42 Å². The van der Waals surface area contributed by atoms with E-state index in [1.54, 1.807) is 0 Å². The molecular weight excluding hydrogens is 671 g/mol. The van der Waals surface area contributed by atoms with E-state index in [1.807, 2.05) is 18.2 Å². The number of fused-ring (bicyclic) bond motifs is 7. The van der Waals surface area contributed by atoms with Gasteiger partial charge in [0.15, 0.2) is 17.5 Å². The maximum Gasteiger partial charge on any atom is 0.164 e. The van der Waals surface area contributed by atoms with Gasteiger partial charge in [-0.2, -0.15) is 0 Å². The predicted molar refractivity (Wildman–Crippen MR) is 227 cm³/mol. The van der Waals surface area contributed by atoms with Crippen molar-refractivity contribution >= 4 is 54.3 Å². The minimum absolute atomic E-state index is 0.605. The number of furan rings is 1. The summed E-state index contributed by atoms with van der Waals surface area (Å²) in [7, 11) is 0. The van der Waals surface area contributed by atoms with E-state index in [-0.39, 0.29) is 0 Å². The zero-order chi connectivity index (χ0) is 36.3. The summed E-state index contributed by atoms with van der Waals surface area (Å²) < 4.78 is 6.67. The zero-order valence-corrected chi connectivity index (χ0v) is 29.6. The molecule has 11 aromatic rings. The normalized spacial score (nSPS) is 11.6. The summed E-state index contributed by atoms with van der Waals surface area (Å²) in [6.07, 6.45) is 0. The number of hydrogen-bond donors (Lipinski definition) is 0. The van der Waals surface area contributed by atoms with Crippen molar-refractivity contribution in [1.29, 1.82) is 0 Å². The quantitative estimate of drug-likeness (QED) is 0.179. The van der Waals surface area contributed by atoms with Gasteiger partial charge in [0.1, 0.15) is 11.2 Å². The summed E-state index contributed by atoms with van der Waals surface area (Å²) in [5, 5.41) is 8.87. The first-order chi connectivity index (χ1) is 27.2. The lowest BCUT2D eigenvalue weighted by molar-refractivity contribution is 0.673. The third kappa shape index (κ3) is 5.26. The van der Waals surface area contributed by atoms with Gasteiger partial charge in [-0.05, 0) is 67.4 Å². The van der Waals surface area contributed by atoms with E-state index in [9.17, 15) is 0 Å². The van der Waals surface area contributed by atoms with Crippen LogP contribution in [0, 0.1) is 0 Å². The maximum atomic E-state index is 6.67. The summed E-state index contributed by atoms with van der Waals surface area (Å²) in [5.41, 5.74) is 9.01. The molecule has 4 nitrogen and oxygen atoms in total. The van der Waals surface area contributed by atoms with Crippen LogP contribution in [0.5, 0.6) is 0 Å².